The Balaban J connectivity index is 1.52. The molecule has 2 heterocycles. The molecule has 1 saturated heterocycles. The third-order valence-corrected chi connectivity index (χ3v) is 6.03. The standard InChI is InChI=1S/C19H24N4O3/c20-11-19(7-2-8-19)21-9-12-3-1-4-13-14(12)10-23(18(13)26)15-5-6-16(24)22-17(15)25/h1,3-4,15,21H,2,5-11,20H2,(H,22,24,25). The van der Waals surface area contributed by atoms with Gasteiger partial charge >= 0.3 is 0 Å². The lowest BCUT2D eigenvalue weighted by atomic mass is 9.76. The number of fused-ring (bicyclic) bond motifs is 1. The summed E-state index contributed by atoms with van der Waals surface area (Å²) in [6, 6.07) is 5.15. The fourth-order valence-electron chi connectivity index (χ4n) is 4.15. The molecular formula is C19H24N4O3. The average molecular weight is 356 g/mol. The van der Waals surface area contributed by atoms with Crippen molar-refractivity contribution in [1.29, 1.82) is 0 Å². The molecule has 4 N–H and O–H groups in total. The van der Waals surface area contributed by atoms with Crippen LogP contribution in [0.2, 0.25) is 0 Å². The Morgan fingerprint density at radius 1 is 1.27 bits per heavy atom. The van der Waals surface area contributed by atoms with Gasteiger partial charge in [-0.15, -0.1) is 0 Å². The van der Waals surface area contributed by atoms with Gasteiger partial charge in [0, 0.05) is 37.2 Å². The summed E-state index contributed by atoms with van der Waals surface area (Å²) in [6.45, 7) is 1.69. The Kier molecular flexibility index (Phi) is 4.28. The summed E-state index contributed by atoms with van der Waals surface area (Å²) in [7, 11) is 0. The molecule has 1 aromatic rings. The number of piperidine rings is 1. The van der Waals surface area contributed by atoms with Gasteiger partial charge in [-0.2, -0.15) is 0 Å². The number of nitrogens with two attached hydrogens (primary N) is 1. The Morgan fingerprint density at radius 2 is 2.08 bits per heavy atom. The molecule has 7 nitrogen and oxygen atoms in total. The number of carbonyl (C=O) groups excluding carboxylic acids is 3. The number of nitrogens with zero attached hydrogens (tertiary/aromatic N) is 1. The predicted octanol–water partition coefficient (Wildman–Crippen LogP) is 0.419. The van der Waals surface area contributed by atoms with E-state index >= 15 is 0 Å². The van der Waals surface area contributed by atoms with Crippen molar-refractivity contribution >= 4 is 17.7 Å². The van der Waals surface area contributed by atoms with Gasteiger partial charge in [-0.25, -0.2) is 0 Å². The van der Waals surface area contributed by atoms with Crippen LogP contribution in [-0.2, 0) is 22.7 Å². The molecule has 0 radical (unpaired) electrons. The maximum Gasteiger partial charge on any atom is 0.255 e. The highest BCUT2D eigenvalue weighted by Gasteiger charge is 2.40. The first-order valence-corrected chi connectivity index (χ1v) is 9.23. The first-order chi connectivity index (χ1) is 12.5. The molecule has 26 heavy (non-hydrogen) atoms. The van der Waals surface area contributed by atoms with Crippen LogP contribution in [-0.4, -0.2) is 40.7 Å². The van der Waals surface area contributed by atoms with Crippen molar-refractivity contribution in [1.82, 2.24) is 15.5 Å². The molecule has 4 rings (SSSR count). The van der Waals surface area contributed by atoms with Crippen LogP contribution >= 0.6 is 0 Å². The van der Waals surface area contributed by atoms with E-state index in [1.165, 1.54) is 6.42 Å². The van der Waals surface area contributed by atoms with E-state index in [-0.39, 0.29) is 29.7 Å². The van der Waals surface area contributed by atoms with Crippen LogP contribution in [0.25, 0.3) is 0 Å². The summed E-state index contributed by atoms with van der Waals surface area (Å²) in [5.74, 6) is -0.778. The number of rotatable bonds is 5. The van der Waals surface area contributed by atoms with Gasteiger partial charge in [-0.1, -0.05) is 12.1 Å². The molecule has 1 aliphatic carbocycles. The van der Waals surface area contributed by atoms with Crippen molar-refractivity contribution in [2.45, 2.75) is 56.8 Å². The van der Waals surface area contributed by atoms with Crippen molar-refractivity contribution in [3.63, 3.8) is 0 Å². The molecule has 138 valence electrons. The van der Waals surface area contributed by atoms with Gasteiger partial charge in [-0.05, 0) is 42.9 Å². The van der Waals surface area contributed by atoms with Gasteiger partial charge in [0.15, 0.2) is 0 Å². The van der Waals surface area contributed by atoms with Crippen LogP contribution in [0.5, 0.6) is 0 Å². The Bertz CT molecular complexity index is 767. The lowest BCUT2D eigenvalue weighted by Crippen LogP contribution is -2.55. The fraction of sp³-hybridized carbons (Fsp3) is 0.526. The van der Waals surface area contributed by atoms with E-state index in [0.29, 0.717) is 31.6 Å². The summed E-state index contributed by atoms with van der Waals surface area (Å²) < 4.78 is 0. The Hall–Kier alpha value is -2.25. The number of imide groups is 1. The van der Waals surface area contributed by atoms with Gasteiger partial charge in [-0.3, -0.25) is 19.7 Å². The van der Waals surface area contributed by atoms with Crippen LogP contribution in [0.4, 0.5) is 0 Å². The number of hydrogen-bond donors (Lipinski definition) is 3. The Morgan fingerprint density at radius 3 is 2.73 bits per heavy atom. The van der Waals surface area contributed by atoms with E-state index in [4.69, 9.17) is 5.73 Å². The number of nitrogens with one attached hydrogen (secondary N) is 2. The van der Waals surface area contributed by atoms with Crippen molar-refractivity contribution in [2.24, 2.45) is 5.73 Å². The smallest absolute Gasteiger partial charge is 0.255 e. The van der Waals surface area contributed by atoms with Gasteiger partial charge in [0.2, 0.25) is 11.8 Å². The predicted molar refractivity (Wildman–Crippen MR) is 95.0 cm³/mol. The number of carbonyl (C=O) groups is 3. The van der Waals surface area contributed by atoms with Crippen molar-refractivity contribution < 1.29 is 14.4 Å². The van der Waals surface area contributed by atoms with Crippen molar-refractivity contribution in [3.05, 3.63) is 34.9 Å². The molecule has 3 amide bonds. The largest absolute Gasteiger partial charge is 0.329 e. The zero-order valence-electron chi connectivity index (χ0n) is 14.7. The second-order valence-corrected chi connectivity index (χ2v) is 7.53. The zero-order valence-corrected chi connectivity index (χ0v) is 14.7. The molecule has 3 aliphatic rings. The van der Waals surface area contributed by atoms with Gasteiger partial charge < -0.3 is 16.0 Å². The van der Waals surface area contributed by atoms with Crippen LogP contribution < -0.4 is 16.4 Å². The lowest BCUT2D eigenvalue weighted by molar-refractivity contribution is -0.136. The molecule has 7 heteroatoms. The summed E-state index contributed by atoms with van der Waals surface area (Å²) in [5.41, 5.74) is 8.64. The van der Waals surface area contributed by atoms with Crippen molar-refractivity contribution in [3.8, 4) is 0 Å². The molecule has 0 bridgehead atoms. The van der Waals surface area contributed by atoms with E-state index in [0.717, 1.165) is 24.0 Å². The molecule has 1 saturated carbocycles. The van der Waals surface area contributed by atoms with E-state index < -0.39 is 6.04 Å². The van der Waals surface area contributed by atoms with Crippen LogP contribution in [0, 0.1) is 0 Å². The molecule has 1 unspecified atom stereocenters. The molecule has 0 aromatic heterocycles. The van der Waals surface area contributed by atoms with Crippen LogP contribution in [0.1, 0.15) is 53.6 Å². The maximum atomic E-state index is 12.8. The highest BCUT2D eigenvalue weighted by atomic mass is 16.2. The van der Waals surface area contributed by atoms with E-state index in [1.807, 2.05) is 18.2 Å². The zero-order chi connectivity index (χ0) is 18.3. The molecular weight excluding hydrogens is 332 g/mol. The third-order valence-electron chi connectivity index (χ3n) is 6.03. The van der Waals surface area contributed by atoms with Crippen molar-refractivity contribution in [2.75, 3.05) is 6.54 Å². The summed E-state index contributed by atoms with van der Waals surface area (Å²) >= 11 is 0. The number of amides is 3. The topological polar surface area (TPSA) is 105 Å². The monoisotopic (exact) mass is 356 g/mol. The SMILES string of the molecule is NCC1(NCc2cccc3c2CN(C2CCC(=O)NC2=O)C3=O)CCC1. The molecule has 0 spiro atoms. The minimum atomic E-state index is -0.574. The second-order valence-electron chi connectivity index (χ2n) is 7.53. The van der Waals surface area contributed by atoms with E-state index in [1.54, 1.807) is 4.90 Å². The number of benzene rings is 1. The molecule has 1 atom stereocenters. The van der Waals surface area contributed by atoms with E-state index in [9.17, 15) is 14.4 Å². The highest BCUT2D eigenvalue weighted by molar-refractivity contribution is 6.05. The lowest BCUT2D eigenvalue weighted by Gasteiger charge is -2.42. The highest BCUT2D eigenvalue weighted by Crippen LogP contribution is 2.33. The van der Waals surface area contributed by atoms with Gasteiger partial charge in [0.1, 0.15) is 6.04 Å². The average Bonchev–Trinajstić information content (AvgIpc) is 2.92. The minimum Gasteiger partial charge on any atom is -0.329 e. The normalized spacial score (nSPS) is 24.3. The Labute approximate surface area is 152 Å². The van der Waals surface area contributed by atoms with E-state index in [2.05, 4.69) is 10.6 Å². The van der Waals surface area contributed by atoms with Gasteiger partial charge in [0.05, 0.1) is 0 Å². The second kappa shape index (κ2) is 6.48. The third kappa shape index (κ3) is 2.81. The summed E-state index contributed by atoms with van der Waals surface area (Å²) in [6.07, 6.45) is 4.01. The molecule has 2 aliphatic heterocycles. The van der Waals surface area contributed by atoms with Crippen LogP contribution in [0.3, 0.4) is 0 Å². The number of hydrogen-bond acceptors (Lipinski definition) is 5. The summed E-state index contributed by atoms with van der Waals surface area (Å²) in [4.78, 5) is 38.0. The first-order valence-electron chi connectivity index (χ1n) is 9.23. The van der Waals surface area contributed by atoms with Crippen LogP contribution in [0.15, 0.2) is 18.2 Å². The quantitative estimate of drug-likeness (QED) is 0.663. The maximum absolute atomic E-state index is 12.8. The summed E-state index contributed by atoms with van der Waals surface area (Å²) in [5, 5.41) is 5.91. The fourth-order valence-corrected chi connectivity index (χ4v) is 4.15. The first kappa shape index (κ1) is 17.2. The van der Waals surface area contributed by atoms with Gasteiger partial charge in [0.25, 0.3) is 5.91 Å². The molecule has 2 fully saturated rings. The minimum absolute atomic E-state index is 0.0225. The molecule has 1 aromatic carbocycles.